The number of ether oxygens (including phenoxy) is 4. The van der Waals surface area contributed by atoms with Gasteiger partial charge in [0.15, 0.2) is 0 Å². The van der Waals surface area contributed by atoms with Crippen LogP contribution in [0.25, 0.3) is 0 Å². The lowest BCUT2D eigenvalue weighted by atomic mass is 10.1. The second-order valence-corrected chi connectivity index (χ2v) is 6.12. The summed E-state index contributed by atoms with van der Waals surface area (Å²) in [5.41, 5.74) is 1.20. The van der Waals surface area contributed by atoms with Crippen LogP contribution in [-0.2, 0) is 25.6 Å². The lowest BCUT2D eigenvalue weighted by molar-refractivity contribution is -0.0727. The fourth-order valence-corrected chi connectivity index (χ4v) is 3.12. The summed E-state index contributed by atoms with van der Waals surface area (Å²) in [6, 6.07) is 10.2. The maximum Gasteiger partial charge on any atom is 0.115 e. The molecule has 0 aliphatic carbocycles. The number of benzene rings is 1. The molecule has 0 amide bonds. The quantitative estimate of drug-likeness (QED) is 0.492. The molecule has 2 fully saturated rings. The van der Waals surface area contributed by atoms with Gasteiger partial charge in [-0.25, -0.2) is 0 Å². The first-order chi connectivity index (χ1) is 10.9. The minimum atomic E-state index is 0.109. The van der Waals surface area contributed by atoms with E-state index in [2.05, 4.69) is 12.1 Å². The van der Waals surface area contributed by atoms with Crippen molar-refractivity contribution in [3.8, 4) is 0 Å². The molecule has 1 aromatic rings. The van der Waals surface area contributed by atoms with Crippen molar-refractivity contribution in [2.45, 2.75) is 56.7 Å². The molecule has 0 saturated carbocycles. The monoisotopic (exact) mass is 306 g/mol. The van der Waals surface area contributed by atoms with E-state index in [0.29, 0.717) is 19.3 Å². The summed E-state index contributed by atoms with van der Waals surface area (Å²) in [6.07, 6.45) is 5.53. The number of fused-ring (bicyclic) bond motifs is 1. The minimum absolute atomic E-state index is 0.109. The van der Waals surface area contributed by atoms with Gasteiger partial charge in [-0.1, -0.05) is 43.2 Å². The summed E-state index contributed by atoms with van der Waals surface area (Å²) in [4.78, 5) is 0. The van der Waals surface area contributed by atoms with Crippen LogP contribution in [0.15, 0.2) is 30.3 Å². The van der Waals surface area contributed by atoms with Gasteiger partial charge in [0.25, 0.3) is 0 Å². The molecule has 4 nitrogen and oxygen atoms in total. The highest BCUT2D eigenvalue weighted by Gasteiger charge is 2.57. The van der Waals surface area contributed by atoms with Gasteiger partial charge in [0, 0.05) is 13.7 Å². The molecule has 4 atom stereocenters. The lowest BCUT2D eigenvalue weighted by Crippen LogP contribution is -2.24. The highest BCUT2D eigenvalue weighted by Crippen LogP contribution is 2.41. The predicted octanol–water partition coefficient (Wildman–Crippen LogP) is 2.94. The molecule has 2 aliphatic rings. The van der Waals surface area contributed by atoms with Crippen molar-refractivity contribution in [3.63, 3.8) is 0 Å². The van der Waals surface area contributed by atoms with Crippen LogP contribution in [0.1, 0.15) is 31.2 Å². The molecule has 0 spiro atoms. The molecular weight excluding hydrogens is 280 g/mol. The fraction of sp³-hybridized carbons (Fsp3) is 0.667. The average molecular weight is 306 g/mol. The van der Waals surface area contributed by atoms with Gasteiger partial charge in [-0.15, -0.1) is 0 Å². The molecule has 122 valence electrons. The SMILES string of the molecule is COCCCCCC1O[C@H](COCc2ccccc2)[C@@H]2O[C@H]12. The van der Waals surface area contributed by atoms with E-state index in [1.54, 1.807) is 7.11 Å². The zero-order valence-electron chi connectivity index (χ0n) is 13.3. The summed E-state index contributed by atoms with van der Waals surface area (Å²) in [5.74, 6) is 0. The Labute approximate surface area is 132 Å². The molecule has 0 aromatic heterocycles. The van der Waals surface area contributed by atoms with E-state index in [4.69, 9.17) is 18.9 Å². The van der Waals surface area contributed by atoms with Gasteiger partial charge in [0.2, 0.25) is 0 Å². The molecule has 0 bridgehead atoms. The van der Waals surface area contributed by atoms with Crippen molar-refractivity contribution in [2.75, 3.05) is 20.3 Å². The Morgan fingerprint density at radius 3 is 2.59 bits per heavy atom. The van der Waals surface area contributed by atoms with E-state index in [-0.39, 0.29) is 18.3 Å². The average Bonchev–Trinajstić information content (AvgIpc) is 3.27. The summed E-state index contributed by atoms with van der Waals surface area (Å²) in [5, 5.41) is 0. The normalized spacial score (nSPS) is 29.5. The highest BCUT2D eigenvalue weighted by atomic mass is 16.7. The van der Waals surface area contributed by atoms with Gasteiger partial charge in [0.1, 0.15) is 18.3 Å². The van der Waals surface area contributed by atoms with Crippen molar-refractivity contribution in [3.05, 3.63) is 35.9 Å². The Bertz CT molecular complexity index is 436. The van der Waals surface area contributed by atoms with Crippen molar-refractivity contribution in [1.29, 1.82) is 0 Å². The van der Waals surface area contributed by atoms with Gasteiger partial charge in [0.05, 0.1) is 19.3 Å². The standard InChI is InChI=1S/C18H26O4/c1-19-11-7-3-6-10-15-17-18(22-17)16(21-15)13-20-12-14-8-4-2-5-9-14/h2,4-5,8-9,15-18H,3,6-7,10-13H2,1H3/t15?,16-,17-,18+/m1/s1. The molecule has 2 saturated heterocycles. The zero-order chi connectivity index (χ0) is 15.2. The van der Waals surface area contributed by atoms with E-state index >= 15 is 0 Å². The molecule has 1 unspecified atom stereocenters. The van der Waals surface area contributed by atoms with E-state index < -0.39 is 0 Å². The smallest absolute Gasteiger partial charge is 0.115 e. The van der Waals surface area contributed by atoms with Crippen LogP contribution in [0, 0.1) is 0 Å². The van der Waals surface area contributed by atoms with Crippen LogP contribution < -0.4 is 0 Å². The lowest BCUT2D eigenvalue weighted by Gasteiger charge is -2.17. The minimum Gasteiger partial charge on any atom is -0.385 e. The van der Waals surface area contributed by atoms with E-state index in [9.17, 15) is 0 Å². The van der Waals surface area contributed by atoms with Crippen LogP contribution in [0.3, 0.4) is 0 Å². The van der Waals surface area contributed by atoms with Crippen LogP contribution in [0.2, 0.25) is 0 Å². The van der Waals surface area contributed by atoms with Gasteiger partial charge in [-0.05, 0) is 18.4 Å². The molecule has 2 aliphatic heterocycles. The summed E-state index contributed by atoms with van der Waals surface area (Å²) in [6.45, 7) is 2.11. The first kappa shape index (κ1) is 15.9. The number of unbranched alkanes of at least 4 members (excludes halogenated alkanes) is 2. The molecule has 0 radical (unpaired) electrons. The number of hydrogen-bond donors (Lipinski definition) is 0. The largest absolute Gasteiger partial charge is 0.385 e. The Morgan fingerprint density at radius 2 is 1.77 bits per heavy atom. The second kappa shape index (κ2) is 8.06. The van der Waals surface area contributed by atoms with Crippen LogP contribution in [0.5, 0.6) is 0 Å². The Balaban J connectivity index is 1.31. The molecule has 22 heavy (non-hydrogen) atoms. The van der Waals surface area contributed by atoms with Crippen LogP contribution >= 0.6 is 0 Å². The number of rotatable bonds is 10. The zero-order valence-corrected chi connectivity index (χ0v) is 13.3. The molecule has 2 heterocycles. The molecule has 1 aromatic carbocycles. The third kappa shape index (κ3) is 4.29. The van der Waals surface area contributed by atoms with Crippen molar-refractivity contribution in [1.82, 2.24) is 0 Å². The summed E-state index contributed by atoms with van der Waals surface area (Å²) < 4.78 is 22.7. The van der Waals surface area contributed by atoms with Gasteiger partial charge < -0.3 is 18.9 Å². The molecule has 3 rings (SSSR count). The van der Waals surface area contributed by atoms with Crippen LogP contribution in [-0.4, -0.2) is 44.7 Å². The predicted molar refractivity (Wildman–Crippen MR) is 83.8 cm³/mol. The first-order valence-corrected chi connectivity index (χ1v) is 8.30. The van der Waals surface area contributed by atoms with Crippen molar-refractivity contribution >= 4 is 0 Å². The third-order valence-electron chi connectivity index (χ3n) is 4.37. The Morgan fingerprint density at radius 1 is 0.955 bits per heavy atom. The molecule has 0 N–H and O–H groups in total. The topological polar surface area (TPSA) is 40.2 Å². The van der Waals surface area contributed by atoms with E-state index in [0.717, 1.165) is 19.4 Å². The van der Waals surface area contributed by atoms with Crippen molar-refractivity contribution < 1.29 is 18.9 Å². The number of methoxy groups -OCH3 is 1. The first-order valence-electron chi connectivity index (χ1n) is 8.30. The summed E-state index contributed by atoms with van der Waals surface area (Å²) in [7, 11) is 1.75. The van der Waals surface area contributed by atoms with Crippen LogP contribution in [0.4, 0.5) is 0 Å². The molecular formula is C18H26O4. The second-order valence-electron chi connectivity index (χ2n) is 6.12. The van der Waals surface area contributed by atoms with Gasteiger partial charge >= 0.3 is 0 Å². The van der Waals surface area contributed by atoms with E-state index in [1.807, 2.05) is 18.2 Å². The highest BCUT2D eigenvalue weighted by molar-refractivity contribution is 5.13. The third-order valence-corrected chi connectivity index (χ3v) is 4.37. The number of hydrogen-bond acceptors (Lipinski definition) is 4. The summed E-state index contributed by atoms with van der Waals surface area (Å²) >= 11 is 0. The van der Waals surface area contributed by atoms with E-state index in [1.165, 1.54) is 18.4 Å². The Hall–Kier alpha value is -0.940. The fourth-order valence-electron chi connectivity index (χ4n) is 3.12. The maximum absolute atomic E-state index is 6.09. The van der Waals surface area contributed by atoms with Gasteiger partial charge in [-0.2, -0.15) is 0 Å². The number of epoxide rings is 1. The maximum atomic E-state index is 6.09. The molecule has 4 heteroatoms. The van der Waals surface area contributed by atoms with Gasteiger partial charge in [-0.3, -0.25) is 0 Å². The Kier molecular flexibility index (Phi) is 5.84. The van der Waals surface area contributed by atoms with Crippen molar-refractivity contribution in [2.24, 2.45) is 0 Å².